The number of benzene rings is 1. The molecule has 8 heteroatoms. The number of nitrogens with zero attached hydrogens (tertiary/aromatic N) is 1. The lowest BCUT2D eigenvalue weighted by molar-refractivity contribution is -0.140. The van der Waals surface area contributed by atoms with Crippen molar-refractivity contribution in [1.29, 1.82) is 0 Å². The second-order valence-corrected chi connectivity index (χ2v) is 7.98. The maximum atomic E-state index is 13.8. The van der Waals surface area contributed by atoms with Crippen molar-refractivity contribution in [3.63, 3.8) is 0 Å². The minimum Gasteiger partial charge on any atom is -0.396 e. The van der Waals surface area contributed by atoms with E-state index < -0.39 is 22.9 Å². The second-order valence-electron chi connectivity index (χ2n) is 6.91. The van der Waals surface area contributed by atoms with Crippen LogP contribution < -0.4 is 0 Å². The summed E-state index contributed by atoms with van der Waals surface area (Å²) in [6, 6.07) is 2.82. The number of carbonyl (C=O) groups is 1. The first-order valence-corrected chi connectivity index (χ1v) is 8.98. The number of hydrogen-bond donors (Lipinski definition) is 1. The van der Waals surface area contributed by atoms with E-state index in [9.17, 15) is 27.5 Å². The van der Waals surface area contributed by atoms with Crippen LogP contribution in [0, 0.1) is 11.2 Å². The van der Waals surface area contributed by atoms with Gasteiger partial charge in [-0.2, -0.15) is 13.2 Å². The highest BCUT2D eigenvalue weighted by Gasteiger charge is 2.37. The van der Waals surface area contributed by atoms with Gasteiger partial charge in [0.15, 0.2) is 0 Å². The smallest absolute Gasteiger partial charge is 0.396 e. The van der Waals surface area contributed by atoms with Crippen molar-refractivity contribution in [2.24, 2.45) is 5.41 Å². The van der Waals surface area contributed by atoms with Crippen LogP contribution in [0.1, 0.15) is 43.2 Å². The zero-order chi connectivity index (χ0) is 18.8. The van der Waals surface area contributed by atoms with Crippen molar-refractivity contribution < 1.29 is 27.5 Å². The molecule has 1 unspecified atom stereocenters. The van der Waals surface area contributed by atoms with E-state index in [0.29, 0.717) is 24.9 Å². The molecule has 1 aliphatic rings. The molecule has 1 fully saturated rings. The van der Waals surface area contributed by atoms with Crippen LogP contribution in [0.4, 0.5) is 17.6 Å². The van der Waals surface area contributed by atoms with Gasteiger partial charge in [0.05, 0.1) is 11.3 Å². The van der Waals surface area contributed by atoms with Crippen molar-refractivity contribution in [3.05, 3.63) is 35.1 Å². The Morgan fingerprint density at radius 3 is 2.56 bits per heavy atom. The zero-order valence-corrected chi connectivity index (χ0v) is 14.9. The Labute approximate surface area is 148 Å². The van der Waals surface area contributed by atoms with Crippen molar-refractivity contribution in [3.8, 4) is 0 Å². The lowest BCUT2D eigenvalue weighted by Crippen LogP contribution is -2.30. The molecule has 1 aromatic carbocycles. The molecule has 0 aliphatic carbocycles. The molecule has 0 bridgehead atoms. The average Bonchev–Trinajstić information content (AvgIpc) is 2.87. The summed E-state index contributed by atoms with van der Waals surface area (Å²) in [4.78, 5) is 13.6. The summed E-state index contributed by atoms with van der Waals surface area (Å²) in [6.45, 7) is 4.28. The summed E-state index contributed by atoms with van der Waals surface area (Å²) in [5, 5.41) is 8.79. The van der Waals surface area contributed by atoms with Crippen LogP contribution in [-0.2, 0) is 11.0 Å². The SMILES string of the molecule is CC(C)(CO)CCCN1C(=O)CSC1c1ccc(C(F)(F)F)c(F)c1. The maximum absolute atomic E-state index is 13.8. The highest BCUT2D eigenvalue weighted by molar-refractivity contribution is 8.00. The summed E-state index contributed by atoms with van der Waals surface area (Å²) in [7, 11) is 0. The van der Waals surface area contributed by atoms with E-state index in [0.717, 1.165) is 12.1 Å². The van der Waals surface area contributed by atoms with Gasteiger partial charge < -0.3 is 10.0 Å². The van der Waals surface area contributed by atoms with E-state index in [-0.39, 0.29) is 23.7 Å². The average molecular weight is 379 g/mol. The molecule has 1 saturated heterocycles. The Morgan fingerprint density at radius 1 is 1.32 bits per heavy atom. The quantitative estimate of drug-likeness (QED) is 0.753. The number of halogens is 4. The highest BCUT2D eigenvalue weighted by Crippen LogP contribution is 2.41. The van der Waals surface area contributed by atoms with E-state index in [1.54, 1.807) is 4.90 Å². The van der Waals surface area contributed by atoms with E-state index >= 15 is 0 Å². The van der Waals surface area contributed by atoms with Gasteiger partial charge in [-0.1, -0.05) is 19.9 Å². The first-order valence-electron chi connectivity index (χ1n) is 7.94. The van der Waals surface area contributed by atoms with Crippen LogP contribution in [0.25, 0.3) is 0 Å². The minimum atomic E-state index is -4.74. The third-order valence-corrected chi connectivity index (χ3v) is 5.49. The topological polar surface area (TPSA) is 40.5 Å². The van der Waals surface area contributed by atoms with E-state index in [1.165, 1.54) is 17.8 Å². The Kier molecular flexibility index (Phi) is 6.04. The Bertz CT molecular complexity index is 634. The number of hydrogen-bond acceptors (Lipinski definition) is 3. The van der Waals surface area contributed by atoms with Crippen LogP contribution in [0.15, 0.2) is 18.2 Å². The lowest BCUT2D eigenvalue weighted by atomic mass is 9.89. The van der Waals surface area contributed by atoms with Gasteiger partial charge >= 0.3 is 6.18 Å². The molecular weight excluding hydrogens is 358 g/mol. The van der Waals surface area contributed by atoms with Crippen LogP contribution in [-0.4, -0.2) is 34.8 Å². The molecule has 1 atom stereocenters. The molecule has 0 spiro atoms. The van der Waals surface area contributed by atoms with Gasteiger partial charge in [0.25, 0.3) is 0 Å². The van der Waals surface area contributed by atoms with Crippen LogP contribution >= 0.6 is 11.8 Å². The standard InChI is InChI=1S/C17H21F4NO2S/c1-16(2,10-23)6-3-7-22-14(24)9-25-15(22)11-4-5-12(13(18)8-11)17(19,20)21/h4-5,8,15,23H,3,6-7,9-10H2,1-2H3. The van der Waals surface area contributed by atoms with Crippen molar-refractivity contribution in [2.75, 3.05) is 18.9 Å². The molecule has 1 aromatic rings. The van der Waals surface area contributed by atoms with Gasteiger partial charge in [-0.3, -0.25) is 4.79 Å². The Hall–Kier alpha value is -1.28. The third-order valence-electron chi connectivity index (χ3n) is 4.23. The number of thioether (sulfide) groups is 1. The number of rotatable bonds is 6. The first-order chi connectivity index (χ1) is 11.5. The third kappa shape index (κ3) is 4.88. The summed E-state index contributed by atoms with van der Waals surface area (Å²) in [5.74, 6) is -1.22. The molecular formula is C17H21F4NO2S. The van der Waals surface area contributed by atoms with Crippen molar-refractivity contribution >= 4 is 17.7 Å². The highest BCUT2D eigenvalue weighted by atomic mass is 32.2. The van der Waals surface area contributed by atoms with Gasteiger partial charge in [0.2, 0.25) is 5.91 Å². The molecule has 0 aromatic heterocycles. The second kappa shape index (κ2) is 7.53. The fraction of sp³-hybridized carbons (Fsp3) is 0.588. The molecule has 1 heterocycles. The van der Waals surface area contributed by atoms with Crippen LogP contribution in [0.2, 0.25) is 0 Å². The molecule has 1 amide bonds. The number of aliphatic hydroxyl groups excluding tert-OH is 1. The summed E-state index contributed by atoms with van der Waals surface area (Å²) >= 11 is 1.28. The number of alkyl halides is 3. The van der Waals surface area contributed by atoms with Gasteiger partial charge in [-0.25, -0.2) is 4.39 Å². The van der Waals surface area contributed by atoms with Gasteiger partial charge in [-0.05, 0) is 36.0 Å². The van der Waals surface area contributed by atoms with Crippen LogP contribution in [0.3, 0.4) is 0 Å². The van der Waals surface area contributed by atoms with Gasteiger partial charge in [-0.15, -0.1) is 11.8 Å². The molecule has 0 saturated carbocycles. The molecule has 25 heavy (non-hydrogen) atoms. The van der Waals surface area contributed by atoms with E-state index in [2.05, 4.69) is 0 Å². The predicted molar refractivity (Wildman–Crippen MR) is 88.4 cm³/mol. The Balaban J connectivity index is 2.12. The molecule has 2 rings (SSSR count). The number of amides is 1. The summed E-state index contributed by atoms with van der Waals surface area (Å²) < 4.78 is 51.9. The normalized spacial score (nSPS) is 18.9. The fourth-order valence-corrected chi connectivity index (χ4v) is 3.90. The minimum absolute atomic E-state index is 0.0310. The van der Waals surface area contributed by atoms with Gasteiger partial charge in [0, 0.05) is 13.2 Å². The van der Waals surface area contributed by atoms with Crippen molar-refractivity contribution in [1.82, 2.24) is 4.90 Å². The fourth-order valence-electron chi connectivity index (χ4n) is 2.69. The Morgan fingerprint density at radius 2 is 2.00 bits per heavy atom. The summed E-state index contributed by atoms with van der Waals surface area (Å²) in [6.07, 6.45) is -3.39. The van der Waals surface area contributed by atoms with Crippen LogP contribution in [0.5, 0.6) is 0 Å². The monoisotopic (exact) mass is 379 g/mol. The van der Waals surface area contributed by atoms with E-state index in [4.69, 9.17) is 0 Å². The number of aliphatic hydroxyl groups is 1. The van der Waals surface area contributed by atoms with E-state index in [1.807, 2.05) is 13.8 Å². The largest absolute Gasteiger partial charge is 0.419 e. The molecule has 0 radical (unpaired) electrons. The predicted octanol–water partition coefficient (Wildman–Crippen LogP) is 4.22. The summed E-state index contributed by atoms with van der Waals surface area (Å²) in [5.41, 5.74) is -1.21. The zero-order valence-electron chi connectivity index (χ0n) is 14.1. The first kappa shape index (κ1) is 20.0. The molecule has 3 nitrogen and oxygen atoms in total. The van der Waals surface area contributed by atoms with Gasteiger partial charge in [0.1, 0.15) is 11.2 Å². The molecule has 1 aliphatic heterocycles. The molecule has 1 N–H and O–H groups in total. The van der Waals surface area contributed by atoms with Crippen molar-refractivity contribution in [2.45, 2.75) is 38.2 Å². The lowest BCUT2D eigenvalue weighted by Gasteiger charge is -2.27. The number of carbonyl (C=O) groups excluding carboxylic acids is 1. The molecule has 140 valence electrons. The maximum Gasteiger partial charge on any atom is 0.419 e.